The van der Waals surface area contributed by atoms with Crippen molar-refractivity contribution in [2.24, 2.45) is 0 Å². The van der Waals surface area contributed by atoms with Crippen LogP contribution in [0.2, 0.25) is 0 Å². The van der Waals surface area contributed by atoms with Gasteiger partial charge in [0.1, 0.15) is 5.82 Å². The maximum absolute atomic E-state index is 13.2. The molecule has 0 aliphatic heterocycles. The molecule has 0 amide bonds. The SMILES string of the molecule is Cc1c(-c2cc(NCCc3ccccc3)nc(N)n2)cccc1C(F)(F)F. The number of nitrogens with one attached hydrogen (secondary N) is 1. The molecule has 0 spiro atoms. The molecule has 140 valence electrons. The summed E-state index contributed by atoms with van der Waals surface area (Å²) in [7, 11) is 0. The zero-order chi connectivity index (χ0) is 19.4. The molecular weight excluding hydrogens is 353 g/mol. The molecule has 0 radical (unpaired) electrons. The summed E-state index contributed by atoms with van der Waals surface area (Å²) in [5.74, 6) is 0.483. The van der Waals surface area contributed by atoms with E-state index in [2.05, 4.69) is 15.3 Å². The lowest BCUT2D eigenvalue weighted by molar-refractivity contribution is -0.138. The van der Waals surface area contributed by atoms with Gasteiger partial charge < -0.3 is 11.1 Å². The van der Waals surface area contributed by atoms with Crippen LogP contribution in [0.15, 0.2) is 54.6 Å². The van der Waals surface area contributed by atoms with Crippen molar-refractivity contribution >= 4 is 11.8 Å². The monoisotopic (exact) mass is 372 g/mol. The number of nitrogens with two attached hydrogens (primary N) is 1. The van der Waals surface area contributed by atoms with Crippen LogP contribution in [0.5, 0.6) is 0 Å². The molecule has 0 atom stereocenters. The molecule has 0 saturated heterocycles. The highest BCUT2D eigenvalue weighted by molar-refractivity contribution is 5.68. The van der Waals surface area contributed by atoms with Gasteiger partial charge in [-0.05, 0) is 30.5 Å². The third-order valence-corrected chi connectivity index (χ3v) is 4.22. The lowest BCUT2D eigenvalue weighted by Crippen LogP contribution is -2.10. The van der Waals surface area contributed by atoms with Gasteiger partial charge in [-0.25, -0.2) is 4.98 Å². The van der Waals surface area contributed by atoms with Crippen molar-refractivity contribution in [2.45, 2.75) is 19.5 Å². The quantitative estimate of drug-likeness (QED) is 0.681. The van der Waals surface area contributed by atoms with E-state index in [1.807, 2.05) is 30.3 Å². The van der Waals surface area contributed by atoms with Crippen LogP contribution in [0.25, 0.3) is 11.3 Å². The van der Waals surface area contributed by atoms with Crippen LogP contribution in [-0.2, 0) is 12.6 Å². The third kappa shape index (κ3) is 4.55. The van der Waals surface area contributed by atoms with E-state index in [4.69, 9.17) is 5.73 Å². The average Bonchev–Trinajstić information content (AvgIpc) is 2.61. The highest BCUT2D eigenvalue weighted by Gasteiger charge is 2.33. The van der Waals surface area contributed by atoms with Gasteiger partial charge in [0.05, 0.1) is 11.3 Å². The summed E-state index contributed by atoms with van der Waals surface area (Å²) in [6.07, 6.45) is -3.64. The number of aromatic nitrogens is 2. The Morgan fingerprint density at radius 3 is 2.44 bits per heavy atom. The van der Waals surface area contributed by atoms with E-state index in [-0.39, 0.29) is 11.5 Å². The van der Waals surface area contributed by atoms with Crippen LogP contribution in [0.4, 0.5) is 24.9 Å². The zero-order valence-corrected chi connectivity index (χ0v) is 14.7. The number of nitrogen functional groups attached to an aromatic ring is 1. The fraction of sp³-hybridized carbons (Fsp3) is 0.200. The predicted molar refractivity (Wildman–Crippen MR) is 100 cm³/mol. The van der Waals surface area contributed by atoms with Crippen molar-refractivity contribution in [1.29, 1.82) is 0 Å². The van der Waals surface area contributed by atoms with E-state index in [1.165, 1.54) is 18.6 Å². The molecule has 0 bridgehead atoms. The molecule has 0 unspecified atom stereocenters. The van der Waals surface area contributed by atoms with Crippen LogP contribution in [0, 0.1) is 6.92 Å². The Balaban J connectivity index is 1.84. The summed E-state index contributed by atoms with van der Waals surface area (Å²) >= 11 is 0. The molecule has 0 fully saturated rings. The summed E-state index contributed by atoms with van der Waals surface area (Å²) < 4.78 is 39.5. The molecule has 0 saturated carbocycles. The molecule has 2 aromatic carbocycles. The number of nitrogens with zero attached hydrogens (tertiary/aromatic N) is 2. The van der Waals surface area contributed by atoms with Gasteiger partial charge in [0.2, 0.25) is 5.95 Å². The minimum atomic E-state index is -4.42. The van der Waals surface area contributed by atoms with Gasteiger partial charge in [0.25, 0.3) is 0 Å². The second-order valence-corrected chi connectivity index (χ2v) is 6.13. The number of alkyl halides is 3. The fourth-order valence-corrected chi connectivity index (χ4v) is 2.89. The van der Waals surface area contributed by atoms with Gasteiger partial charge >= 0.3 is 6.18 Å². The first-order chi connectivity index (χ1) is 12.8. The minimum absolute atomic E-state index is 0.00604. The summed E-state index contributed by atoms with van der Waals surface area (Å²) in [6, 6.07) is 15.6. The number of anilines is 2. The van der Waals surface area contributed by atoms with E-state index in [1.54, 1.807) is 12.1 Å². The minimum Gasteiger partial charge on any atom is -0.370 e. The molecule has 3 rings (SSSR count). The number of hydrogen-bond acceptors (Lipinski definition) is 4. The highest BCUT2D eigenvalue weighted by Crippen LogP contribution is 2.36. The van der Waals surface area contributed by atoms with Gasteiger partial charge in [-0.2, -0.15) is 18.2 Å². The molecule has 1 heterocycles. The standard InChI is InChI=1S/C20H19F3N4/c1-13-15(8-5-9-16(13)20(21,22)23)17-12-18(27-19(24)26-17)25-11-10-14-6-3-2-4-7-14/h2-9,12H,10-11H2,1H3,(H3,24,25,26,27). The Labute approximate surface area is 155 Å². The molecule has 3 N–H and O–H groups in total. The van der Waals surface area contributed by atoms with E-state index < -0.39 is 11.7 Å². The Morgan fingerprint density at radius 2 is 1.74 bits per heavy atom. The van der Waals surface area contributed by atoms with Gasteiger partial charge in [0.15, 0.2) is 0 Å². The molecule has 3 aromatic rings. The van der Waals surface area contributed by atoms with E-state index in [0.717, 1.165) is 12.5 Å². The van der Waals surface area contributed by atoms with E-state index >= 15 is 0 Å². The smallest absolute Gasteiger partial charge is 0.370 e. The summed E-state index contributed by atoms with van der Waals surface area (Å²) in [6.45, 7) is 2.04. The summed E-state index contributed by atoms with van der Waals surface area (Å²) in [5.41, 5.74) is 7.10. The first-order valence-electron chi connectivity index (χ1n) is 8.44. The first-order valence-corrected chi connectivity index (χ1v) is 8.44. The first kappa shape index (κ1) is 18.7. The molecular formula is C20H19F3N4. The van der Waals surface area contributed by atoms with Gasteiger partial charge in [-0.15, -0.1) is 0 Å². The predicted octanol–water partition coefficient (Wildman–Crippen LogP) is 4.71. The molecule has 0 aliphatic carbocycles. The van der Waals surface area contributed by atoms with Crippen molar-refractivity contribution in [3.63, 3.8) is 0 Å². The molecule has 4 nitrogen and oxygen atoms in total. The van der Waals surface area contributed by atoms with Crippen LogP contribution in [-0.4, -0.2) is 16.5 Å². The number of halogens is 3. The van der Waals surface area contributed by atoms with Gasteiger partial charge in [-0.1, -0.05) is 42.5 Å². The van der Waals surface area contributed by atoms with Crippen molar-refractivity contribution < 1.29 is 13.2 Å². The Bertz CT molecular complexity index is 924. The van der Waals surface area contributed by atoms with Crippen LogP contribution in [0.1, 0.15) is 16.7 Å². The normalized spacial score (nSPS) is 11.4. The van der Waals surface area contributed by atoms with E-state index in [0.29, 0.717) is 23.6 Å². The summed E-state index contributed by atoms with van der Waals surface area (Å²) in [5, 5.41) is 3.16. The van der Waals surface area contributed by atoms with Crippen molar-refractivity contribution in [3.05, 3.63) is 71.3 Å². The molecule has 7 heteroatoms. The van der Waals surface area contributed by atoms with Crippen molar-refractivity contribution in [3.8, 4) is 11.3 Å². The lowest BCUT2D eigenvalue weighted by atomic mass is 9.99. The largest absolute Gasteiger partial charge is 0.416 e. The van der Waals surface area contributed by atoms with Crippen molar-refractivity contribution in [1.82, 2.24) is 9.97 Å². The van der Waals surface area contributed by atoms with Gasteiger partial charge in [0, 0.05) is 18.2 Å². The molecule has 27 heavy (non-hydrogen) atoms. The second kappa shape index (κ2) is 7.65. The molecule has 1 aromatic heterocycles. The topological polar surface area (TPSA) is 63.8 Å². The zero-order valence-electron chi connectivity index (χ0n) is 14.7. The fourth-order valence-electron chi connectivity index (χ4n) is 2.89. The molecule has 0 aliphatic rings. The Hall–Kier alpha value is -3.09. The van der Waals surface area contributed by atoms with E-state index in [9.17, 15) is 13.2 Å². The third-order valence-electron chi connectivity index (χ3n) is 4.22. The van der Waals surface area contributed by atoms with Gasteiger partial charge in [-0.3, -0.25) is 0 Å². The average molecular weight is 372 g/mol. The van der Waals surface area contributed by atoms with Crippen LogP contribution < -0.4 is 11.1 Å². The maximum Gasteiger partial charge on any atom is 0.416 e. The Kier molecular flexibility index (Phi) is 5.30. The maximum atomic E-state index is 13.2. The van der Waals surface area contributed by atoms with Crippen LogP contribution in [0.3, 0.4) is 0 Å². The van der Waals surface area contributed by atoms with Crippen LogP contribution >= 0.6 is 0 Å². The van der Waals surface area contributed by atoms with Crippen molar-refractivity contribution in [2.75, 3.05) is 17.6 Å². The number of rotatable bonds is 5. The second-order valence-electron chi connectivity index (χ2n) is 6.13. The summed E-state index contributed by atoms with van der Waals surface area (Å²) in [4.78, 5) is 8.24. The lowest BCUT2D eigenvalue weighted by Gasteiger charge is -2.14. The Morgan fingerprint density at radius 1 is 1.00 bits per heavy atom. The number of hydrogen-bond donors (Lipinski definition) is 2. The highest BCUT2D eigenvalue weighted by atomic mass is 19.4. The number of benzene rings is 2.